The molecule has 7 rings (SSSR count). The largest absolute Gasteiger partial charge is 0.493 e. The molecule has 2 aromatic carbocycles. The first-order valence-electron chi connectivity index (χ1n) is 17.1. The minimum Gasteiger partial charge on any atom is -0.493 e. The molecular weight excluding hydrogens is 606 g/mol. The molecule has 0 N–H and O–H groups in total. The van der Waals surface area contributed by atoms with Crippen molar-refractivity contribution in [2.24, 2.45) is 0 Å². The Hall–Kier alpha value is -4.48. The van der Waals surface area contributed by atoms with E-state index >= 15 is 0 Å². The maximum atomic E-state index is 14.1. The first-order chi connectivity index (χ1) is 23.4. The lowest BCUT2D eigenvalue weighted by molar-refractivity contribution is -0.0390. The molecule has 2 aliphatic heterocycles. The van der Waals surface area contributed by atoms with E-state index in [9.17, 15) is 4.79 Å². The Morgan fingerprint density at radius 1 is 0.979 bits per heavy atom. The molecule has 252 valence electrons. The molecule has 2 unspecified atom stereocenters. The van der Waals surface area contributed by atoms with E-state index < -0.39 is 0 Å². The number of benzene rings is 2. The van der Waals surface area contributed by atoms with Crippen LogP contribution in [0.2, 0.25) is 0 Å². The third kappa shape index (κ3) is 6.01. The minimum absolute atomic E-state index is 0.0651. The zero-order valence-electron chi connectivity index (χ0n) is 28.5. The van der Waals surface area contributed by atoms with E-state index in [1.807, 2.05) is 33.6 Å². The van der Waals surface area contributed by atoms with Crippen LogP contribution in [-0.2, 0) is 11.3 Å². The molecule has 2 saturated heterocycles. The van der Waals surface area contributed by atoms with Crippen molar-refractivity contribution < 1.29 is 14.2 Å². The maximum absolute atomic E-state index is 14.1. The minimum atomic E-state index is -0.145. The van der Waals surface area contributed by atoms with Gasteiger partial charge in [0, 0.05) is 56.3 Å². The number of methoxy groups -OCH3 is 2. The summed E-state index contributed by atoms with van der Waals surface area (Å²) in [5.41, 5.74) is 6.42. The molecule has 5 aromatic rings. The van der Waals surface area contributed by atoms with Crippen LogP contribution in [0.4, 0.5) is 5.69 Å². The van der Waals surface area contributed by atoms with E-state index in [4.69, 9.17) is 19.3 Å². The summed E-state index contributed by atoms with van der Waals surface area (Å²) in [5, 5.41) is 5.15. The second kappa shape index (κ2) is 13.6. The van der Waals surface area contributed by atoms with Crippen molar-refractivity contribution in [3.8, 4) is 11.5 Å². The van der Waals surface area contributed by atoms with Gasteiger partial charge in [0.15, 0.2) is 11.5 Å². The van der Waals surface area contributed by atoms with Crippen molar-refractivity contribution in [3.05, 3.63) is 82.5 Å². The number of anilines is 1. The lowest BCUT2D eigenvalue weighted by Gasteiger charge is -2.48. The first-order valence-corrected chi connectivity index (χ1v) is 17.1. The lowest BCUT2D eigenvalue weighted by Crippen LogP contribution is -2.58. The van der Waals surface area contributed by atoms with Crippen LogP contribution in [0.15, 0.2) is 65.8 Å². The van der Waals surface area contributed by atoms with Crippen LogP contribution in [0.5, 0.6) is 11.5 Å². The average molecular weight is 652 g/mol. The van der Waals surface area contributed by atoms with Gasteiger partial charge in [0.1, 0.15) is 11.7 Å². The van der Waals surface area contributed by atoms with Crippen LogP contribution < -0.4 is 19.9 Å². The van der Waals surface area contributed by atoms with Gasteiger partial charge in [0.25, 0.3) is 5.56 Å². The summed E-state index contributed by atoms with van der Waals surface area (Å²) in [6.45, 7) is 9.50. The van der Waals surface area contributed by atoms with Gasteiger partial charge >= 0.3 is 0 Å². The molecule has 0 spiro atoms. The standard InChI is InChI=1S/C37H45N7O4/c1-6-28-22-41(24(2)20-42(28)25(3)27-11-12-29-30(18-27)39-15-14-38-29)31-19-35(45)43(21-26-10-13-33(46-4)34(17-26)47-5)32-23-44(40-37(31)32)36-9-7-8-16-48-36/h10-15,17-19,23-25,28,36H,6-9,16,20-22H2,1-5H3/t24-,25?,28+,36?/m0/s1. The van der Waals surface area contributed by atoms with E-state index in [0.29, 0.717) is 24.7 Å². The number of hydrogen-bond donors (Lipinski definition) is 0. The van der Waals surface area contributed by atoms with Crippen LogP contribution in [0.1, 0.15) is 69.9 Å². The van der Waals surface area contributed by atoms with E-state index in [1.165, 1.54) is 5.56 Å². The van der Waals surface area contributed by atoms with E-state index in [2.05, 4.69) is 58.7 Å². The normalized spacial score (nSPS) is 21.1. The van der Waals surface area contributed by atoms with Gasteiger partial charge in [-0.05, 0) is 74.9 Å². The average Bonchev–Trinajstić information content (AvgIpc) is 3.58. The van der Waals surface area contributed by atoms with Gasteiger partial charge in [-0.3, -0.25) is 19.7 Å². The number of aromatic nitrogens is 5. The van der Waals surface area contributed by atoms with Crippen molar-refractivity contribution in [2.45, 2.75) is 77.4 Å². The number of ether oxygens (including phenoxy) is 3. The van der Waals surface area contributed by atoms with Crippen molar-refractivity contribution >= 4 is 27.8 Å². The monoisotopic (exact) mass is 651 g/mol. The van der Waals surface area contributed by atoms with Gasteiger partial charge < -0.3 is 23.7 Å². The molecular formula is C37H45N7O4. The molecule has 5 heterocycles. The number of fused-ring (bicyclic) bond motifs is 2. The van der Waals surface area contributed by atoms with Crippen LogP contribution in [-0.4, -0.2) is 75.2 Å². The van der Waals surface area contributed by atoms with Gasteiger partial charge in [-0.25, -0.2) is 4.68 Å². The fraction of sp³-hybridized carbons (Fsp3) is 0.459. The topological polar surface area (TPSA) is 99.8 Å². The molecule has 2 aliphatic rings. The number of hydrogen-bond acceptors (Lipinski definition) is 9. The second-order valence-corrected chi connectivity index (χ2v) is 13.0. The highest BCUT2D eigenvalue weighted by Crippen LogP contribution is 2.35. The fourth-order valence-electron chi connectivity index (χ4n) is 7.44. The van der Waals surface area contributed by atoms with Crippen molar-refractivity contribution in [3.63, 3.8) is 0 Å². The number of piperazine rings is 1. The molecule has 4 atom stereocenters. The highest BCUT2D eigenvalue weighted by atomic mass is 16.5. The van der Waals surface area contributed by atoms with Crippen LogP contribution in [0.3, 0.4) is 0 Å². The SMILES string of the molecule is CC[C@@H]1CN(c2cc(=O)n(Cc3ccc(OC)c(OC)c3)c3cn(C4CCCCO4)nc23)[C@@H](C)CN1C(C)c1ccc2nccnc2c1. The summed E-state index contributed by atoms with van der Waals surface area (Å²) < 4.78 is 20.9. The van der Waals surface area contributed by atoms with Gasteiger partial charge in [0.05, 0.1) is 49.2 Å². The fourth-order valence-corrected chi connectivity index (χ4v) is 7.44. The Balaban J connectivity index is 1.24. The lowest BCUT2D eigenvalue weighted by atomic mass is 9.98. The summed E-state index contributed by atoms with van der Waals surface area (Å²) >= 11 is 0. The predicted molar refractivity (Wildman–Crippen MR) is 187 cm³/mol. The summed E-state index contributed by atoms with van der Waals surface area (Å²) in [7, 11) is 3.24. The maximum Gasteiger partial charge on any atom is 0.253 e. The summed E-state index contributed by atoms with van der Waals surface area (Å²) in [5.74, 6) is 1.28. The molecule has 11 nitrogen and oxygen atoms in total. The molecule has 48 heavy (non-hydrogen) atoms. The molecule has 0 saturated carbocycles. The van der Waals surface area contributed by atoms with E-state index in [-0.39, 0.29) is 29.9 Å². The number of nitrogens with zero attached hydrogens (tertiary/aromatic N) is 7. The zero-order valence-corrected chi connectivity index (χ0v) is 28.5. The molecule has 0 amide bonds. The first kappa shape index (κ1) is 32.1. The summed E-state index contributed by atoms with van der Waals surface area (Å²) in [6.07, 6.45) is 9.35. The number of pyridine rings is 1. The Morgan fingerprint density at radius 2 is 1.79 bits per heavy atom. The Morgan fingerprint density at radius 3 is 2.54 bits per heavy atom. The van der Waals surface area contributed by atoms with E-state index in [0.717, 1.165) is 72.1 Å². The predicted octanol–water partition coefficient (Wildman–Crippen LogP) is 5.96. The molecule has 3 aromatic heterocycles. The highest BCUT2D eigenvalue weighted by molar-refractivity contribution is 5.88. The van der Waals surface area contributed by atoms with Crippen LogP contribution in [0, 0.1) is 0 Å². The highest BCUT2D eigenvalue weighted by Gasteiger charge is 2.35. The molecule has 11 heteroatoms. The van der Waals surface area contributed by atoms with Crippen LogP contribution >= 0.6 is 0 Å². The second-order valence-electron chi connectivity index (χ2n) is 13.0. The quantitative estimate of drug-likeness (QED) is 0.191. The van der Waals surface area contributed by atoms with Gasteiger partial charge in [0.2, 0.25) is 0 Å². The Kier molecular flexibility index (Phi) is 9.07. The van der Waals surface area contributed by atoms with Crippen molar-refractivity contribution in [1.82, 2.24) is 29.2 Å². The summed E-state index contributed by atoms with van der Waals surface area (Å²) in [4.78, 5) is 28.1. The van der Waals surface area contributed by atoms with Gasteiger partial charge in [-0.1, -0.05) is 19.1 Å². The Bertz CT molecular complexity index is 1970. The molecule has 0 aliphatic carbocycles. The summed E-state index contributed by atoms with van der Waals surface area (Å²) in [6, 6.07) is 14.6. The smallest absolute Gasteiger partial charge is 0.253 e. The third-order valence-corrected chi connectivity index (χ3v) is 10.1. The molecule has 0 bridgehead atoms. The van der Waals surface area contributed by atoms with Crippen molar-refractivity contribution in [2.75, 3.05) is 38.8 Å². The molecule has 2 fully saturated rings. The zero-order chi connectivity index (χ0) is 33.4. The van der Waals surface area contributed by atoms with Gasteiger partial charge in [-0.15, -0.1) is 0 Å². The van der Waals surface area contributed by atoms with Crippen LogP contribution in [0.25, 0.3) is 22.1 Å². The Labute approximate surface area is 281 Å². The van der Waals surface area contributed by atoms with Gasteiger partial charge in [-0.2, -0.15) is 5.10 Å². The molecule has 0 radical (unpaired) electrons. The third-order valence-electron chi connectivity index (χ3n) is 10.1. The van der Waals surface area contributed by atoms with E-state index in [1.54, 1.807) is 32.7 Å². The number of rotatable bonds is 9. The van der Waals surface area contributed by atoms with Crippen molar-refractivity contribution in [1.29, 1.82) is 0 Å².